The Bertz CT molecular complexity index is 815. The fraction of sp³-hybridized carbons (Fsp3) is 0.444. The summed E-state index contributed by atoms with van der Waals surface area (Å²) in [5, 5.41) is 14.3. The van der Waals surface area contributed by atoms with Gasteiger partial charge in [-0.15, -0.1) is 0 Å². The minimum Gasteiger partial charge on any atom is -0.391 e. The molecule has 0 saturated heterocycles. The Hall–Kier alpha value is -2.28. The van der Waals surface area contributed by atoms with Crippen molar-refractivity contribution in [2.24, 2.45) is 5.92 Å². The Morgan fingerprint density at radius 2 is 2.08 bits per heavy atom. The summed E-state index contributed by atoms with van der Waals surface area (Å²) in [4.78, 5) is 14.2. The second-order valence-electron chi connectivity index (χ2n) is 6.64. The summed E-state index contributed by atoms with van der Waals surface area (Å²) in [6.07, 6.45) is 1.45. The summed E-state index contributed by atoms with van der Waals surface area (Å²) < 4.78 is 28.5. The number of halogens is 2. The Kier molecular flexibility index (Phi) is 4.60. The molecule has 1 saturated carbocycles. The zero-order valence-electron chi connectivity index (χ0n) is 14.5. The summed E-state index contributed by atoms with van der Waals surface area (Å²) in [6.45, 7) is 3.59. The predicted molar refractivity (Wildman–Crippen MR) is 88.6 cm³/mol. The Morgan fingerprint density at radius 3 is 2.68 bits per heavy atom. The van der Waals surface area contributed by atoms with Gasteiger partial charge in [0.25, 0.3) is 5.91 Å². The van der Waals surface area contributed by atoms with E-state index in [1.54, 1.807) is 20.9 Å². The first-order chi connectivity index (χ1) is 11.8. The number of rotatable bonds is 5. The molecule has 1 amide bonds. The van der Waals surface area contributed by atoms with Crippen LogP contribution < -0.4 is 0 Å². The fourth-order valence-corrected chi connectivity index (χ4v) is 3.02. The zero-order chi connectivity index (χ0) is 18.3. The van der Waals surface area contributed by atoms with E-state index in [-0.39, 0.29) is 24.1 Å². The molecule has 25 heavy (non-hydrogen) atoms. The molecule has 1 aromatic carbocycles. The van der Waals surface area contributed by atoms with Crippen LogP contribution in [0.5, 0.6) is 0 Å². The van der Waals surface area contributed by atoms with Gasteiger partial charge < -0.3 is 10.0 Å². The summed E-state index contributed by atoms with van der Waals surface area (Å²) in [5.74, 6) is -1.42. The van der Waals surface area contributed by atoms with Crippen LogP contribution in [0.25, 0.3) is 5.69 Å². The van der Waals surface area contributed by atoms with Gasteiger partial charge in [0.15, 0.2) is 5.82 Å². The van der Waals surface area contributed by atoms with E-state index in [0.29, 0.717) is 17.0 Å². The average Bonchev–Trinajstić information content (AvgIpc) is 3.34. The number of carbonyl (C=O) groups is 1. The molecule has 1 atom stereocenters. The molecule has 0 spiro atoms. The van der Waals surface area contributed by atoms with Gasteiger partial charge in [-0.05, 0) is 44.7 Å². The lowest BCUT2D eigenvalue weighted by molar-refractivity contribution is 0.0644. The number of likely N-dealkylation sites (N-methyl/N-ethyl adjacent to an activating group) is 1. The Morgan fingerprint density at radius 1 is 1.40 bits per heavy atom. The maximum Gasteiger partial charge on any atom is 0.257 e. The van der Waals surface area contributed by atoms with E-state index >= 15 is 0 Å². The van der Waals surface area contributed by atoms with Crippen molar-refractivity contribution in [3.63, 3.8) is 0 Å². The molecule has 134 valence electrons. The van der Waals surface area contributed by atoms with Gasteiger partial charge in [-0.3, -0.25) is 4.79 Å². The van der Waals surface area contributed by atoms with Crippen LogP contribution in [-0.4, -0.2) is 45.4 Å². The highest BCUT2D eigenvalue weighted by atomic mass is 19.1. The third-order valence-corrected chi connectivity index (χ3v) is 4.62. The second-order valence-corrected chi connectivity index (χ2v) is 6.64. The molecule has 0 radical (unpaired) electrons. The highest BCUT2D eigenvalue weighted by molar-refractivity contribution is 5.96. The van der Waals surface area contributed by atoms with Gasteiger partial charge in [0.1, 0.15) is 11.5 Å². The normalized spacial score (nSPS) is 15.3. The number of carbonyl (C=O) groups excluding carboxylic acids is 1. The first kappa shape index (κ1) is 17.5. The van der Waals surface area contributed by atoms with Gasteiger partial charge in [-0.2, -0.15) is 5.10 Å². The molecular weight excluding hydrogens is 328 g/mol. The van der Waals surface area contributed by atoms with Gasteiger partial charge in [0.05, 0.1) is 23.1 Å². The average molecular weight is 349 g/mol. The number of nitrogens with zero attached hydrogens (tertiary/aromatic N) is 3. The number of aromatic nitrogens is 2. The van der Waals surface area contributed by atoms with Crippen LogP contribution in [0.15, 0.2) is 18.2 Å². The molecule has 1 heterocycles. The maximum absolute atomic E-state index is 14.1. The monoisotopic (exact) mass is 349 g/mol. The van der Waals surface area contributed by atoms with Crippen molar-refractivity contribution in [2.45, 2.75) is 32.8 Å². The largest absolute Gasteiger partial charge is 0.391 e. The highest BCUT2D eigenvalue weighted by Gasteiger charge is 2.32. The van der Waals surface area contributed by atoms with Crippen molar-refractivity contribution in [2.75, 3.05) is 13.6 Å². The number of hydrogen-bond donors (Lipinski definition) is 1. The molecule has 1 aliphatic rings. The lowest BCUT2D eigenvalue weighted by atomic mass is 10.1. The standard InChI is InChI=1S/C18H21F2N3O2/c1-10-17(18(25)22(3)9-16(24)12-4-5-12)11(2)23(21-10)15-7-6-13(19)8-14(15)20/h6-8,12,16,24H,4-5,9H2,1-3H3. The van der Waals surface area contributed by atoms with E-state index in [2.05, 4.69) is 5.10 Å². The quantitative estimate of drug-likeness (QED) is 0.903. The molecule has 0 bridgehead atoms. The summed E-state index contributed by atoms with van der Waals surface area (Å²) in [5.41, 5.74) is 1.38. The summed E-state index contributed by atoms with van der Waals surface area (Å²) in [6, 6.07) is 3.22. The van der Waals surface area contributed by atoms with Gasteiger partial charge in [-0.1, -0.05) is 0 Å². The van der Waals surface area contributed by atoms with Crippen molar-refractivity contribution >= 4 is 5.91 Å². The van der Waals surface area contributed by atoms with Crippen molar-refractivity contribution in [1.82, 2.24) is 14.7 Å². The highest BCUT2D eigenvalue weighted by Crippen LogP contribution is 2.33. The molecule has 2 aromatic rings. The van der Waals surface area contributed by atoms with E-state index in [1.807, 2.05) is 0 Å². The van der Waals surface area contributed by atoms with Crippen LogP contribution in [0.1, 0.15) is 34.6 Å². The first-order valence-electron chi connectivity index (χ1n) is 8.24. The van der Waals surface area contributed by atoms with Crippen LogP contribution in [0.4, 0.5) is 8.78 Å². The van der Waals surface area contributed by atoms with Crippen molar-refractivity contribution in [1.29, 1.82) is 0 Å². The van der Waals surface area contributed by atoms with Gasteiger partial charge in [-0.25, -0.2) is 13.5 Å². The molecule has 0 aliphatic heterocycles. The lowest BCUT2D eigenvalue weighted by Gasteiger charge is -2.21. The molecule has 1 unspecified atom stereocenters. The van der Waals surface area contributed by atoms with Crippen molar-refractivity contribution in [3.05, 3.63) is 46.8 Å². The Labute approximate surface area is 144 Å². The first-order valence-corrected chi connectivity index (χ1v) is 8.24. The molecule has 7 heteroatoms. The van der Waals surface area contributed by atoms with Crippen LogP contribution in [0.2, 0.25) is 0 Å². The molecule has 3 rings (SSSR count). The number of aryl methyl sites for hydroxylation is 1. The topological polar surface area (TPSA) is 58.4 Å². The lowest BCUT2D eigenvalue weighted by Crippen LogP contribution is -2.35. The smallest absolute Gasteiger partial charge is 0.257 e. The van der Waals surface area contributed by atoms with Crippen LogP contribution >= 0.6 is 0 Å². The summed E-state index contributed by atoms with van der Waals surface area (Å²) >= 11 is 0. The molecule has 5 nitrogen and oxygen atoms in total. The van der Waals surface area contributed by atoms with E-state index in [0.717, 1.165) is 25.0 Å². The third-order valence-electron chi connectivity index (χ3n) is 4.62. The molecule has 1 fully saturated rings. The number of amides is 1. The number of aliphatic hydroxyl groups excluding tert-OH is 1. The van der Waals surface area contributed by atoms with E-state index in [4.69, 9.17) is 0 Å². The summed E-state index contributed by atoms with van der Waals surface area (Å²) in [7, 11) is 1.63. The van der Waals surface area contributed by atoms with Crippen LogP contribution in [0, 0.1) is 31.4 Å². The number of aliphatic hydroxyl groups is 1. The van der Waals surface area contributed by atoms with Gasteiger partial charge >= 0.3 is 0 Å². The minimum absolute atomic E-state index is 0.0849. The second kappa shape index (κ2) is 6.55. The predicted octanol–water partition coefficient (Wildman–Crippen LogP) is 2.61. The van der Waals surface area contributed by atoms with Gasteiger partial charge in [0.2, 0.25) is 0 Å². The van der Waals surface area contributed by atoms with Crippen molar-refractivity contribution < 1.29 is 18.7 Å². The van der Waals surface area contributed by atoms with Gasteiger partial charge in [0, 0.05) is 19.7 Å². The third kappa shape index (κ3) is 3.42. The molecule has 1 aliphatic carbocycles. The number of hydrogen-bond acceptors (Lipinski definition) is 3. The van der Waals surface area contributed by atoms with Crippen LogP contribution in [0.3, 0.4) is 0 Å². The zero-order valence-corrected chi connectivity index (χ0v) is 14.5. The minimum atomic E-state index is -0.748. The molecular formula is C18H21F2N3O2. The fourth-order valence-electron chi connectivity index (χ4n) is 3.02. The maximum atomic E-state index is 14.1. The van der Waals surface area contributed by atoms with E-state index in [1.165, 1.54) is 15.6 Å². The van der Waals surface area contributed by atoms with E-state index < -0.39 is 17.7 Å². The number of benzene rings is 1. The van der Waals surface area contributed by atoms with E-state index in [9.17, 15) is 18.7 Å². The Balaban J connectivity index is 1.89. The molecule has 1 aromatic heterocycles. The SMILES string of the molecule is Cc1nn(-c2ccc(F)cc2F)c(C)c1C(=O)N(C)CC(O)C1CC1. The molecule has 1 N–H and O–H groups in total. The van der Waals surface area contributed by atoms with Crippen LogP contribution in [-0.2, 0) is 0 Å². The van der Waals surface area contributed by atoms with Crippen molar-refractivity contribution in [3.8, 4) is 5.69 Å².